The molecule has 0 saturated carbocycles. The predicted octanol–water partition coefficient (Wildman–Crippen LogP) is 3.41. The van der Waals surface area contributed by atoms with E-state index in [1.807, 2.05) is 0 Å². The van der Waals surface area contributed by atoms with E-state index in [1.165, 1.54) is 0 Å². The first-order valence-corrected chi connectivity index (χ1v) is 7.00. The number of hydrogen-bond donors (Lipinski definition) is 1. The van der Waals surface area contributed by atoms with Crippen molar-refractivity contribution in [2.24, 2.45) is 0 Å². The van der Waals surface area contributed by atoms with E-state index in [0.29, 0.717) is 12.5 Å². The van der Waals surface area contributed by atoms with Crippen LogP contribution in [0.2, 0.25) is 0 Å². The van der Waals surface area contributed by atoms with Gasteiger partial charge in [0.1, 0.15) is 6.04 Å². The van der Waals surface area contributed by atoms with Gasteiger partial charge in [0.25, 0.3) is 0 Å². The quantitative estimate of drug-likeness (QED) is 0.841. The van der Waals surface area contributed by atoms with Crippen LogP contribution in [-0.2, 0) is 4.74 Å². The van der Waals surface area contributed by atoms with Gasteiger partial charge in [0.2, 0.25) is 0 Å². The van der Waals surface area contributed by atoms with Crippen LogP contribution in [0, 0.1) is 0 Å². The SMILES string of the molecule is FC(F)(F)C1CCCC(CCCC2CCCO2)N1. The summed E-state index contributed by atoms with van der Waals surface area (Å²) in [5.74, 6) is 0. The molecule has 2 saturated heterocycles. The fourth-order valence-electron chi connectivity index (χ4n) is 2.97. The summed E-state index contributed by atoms with van der Waals surface area (Å²) in [7, 11) is 0. The highest BCUT2D eigenvalue weighted by atomic mass is 19.4. The largest absolute Gasteiger partial charge is 0.403 e. The zero-order chi connectivity index (χ0) is 13.0. The summed E-state index contributed by atoms with van der Waals surface area (Å²) >= 11 is 0. The average molecular weight is 265 g/mol. The molecule has 0 bridgehead atoms. The first kappa shape index (κ1) is 14.1. The van der Waals surface area contributed by atoms with Crippen molar-refractivity contribution in [3.05, 3.63) is 0 Å². The standard InChI is InChI=1S/C13H22F3NO/c14-13(15,16)12-8-2-5-10(17-12)4-1-6-11-7-3-9-18-11/h10-12,17H,1-9H2. The Labute approximate surface area is 106 Å². The Kier molecular flexibility index (Phi) is 4.90. The normalized spacial score (nSPS) is 33.8. The number of hydrogen-bond acceptors (Lipinski definition) is 2. The van der Waals surface area contributed by atoms with E-state index < -0.39 is 12.2 Å². The summed E-state index contributed by atoms with van der Waals surface area (Å²) < 4.78 is 43.3. The van der Waals surface area contributed by atoms with Gasteiger partial charge < -0.3 is 10.1 Å². The van der Waals surface area contributed by atoms with Crippen LogP contribution in [0.15, 0.2) is 0 Å². The fraction of sp³-hybridized carbons (Fsp3) is 1.00. The zero-order valence-corrected chi connectivity index (χ0v) is 10.6. The van der Waals surface area contributed by atoms with Gasteiger partial charge in [0, 0.05) is 12.6 Å². The first-order chi connectivity index (χ1) is 8.55. The summed E-state index contributed by atoms with van der Waals surface area (Å²) in [6.45, 7) is 0.850. The monoisotopic (exact) mass is 265 g/mol. The topological polar surface area (TPSA) is 21.3 Å². The summed E-state index contributed by atoms with van der Waals surface area (Å²) in [5.41, 5.74) is 0. The second-order valence-electron chi connectivity index (χ2n) is 5.45. The minimum atomic E-state index is -4.09. The molecule has 2 heterocycles. The number of ether oxygens (including phenoxy) is 1. The Balaban J connectivity index is 1.66. The van der Waals surface area contributed by atoms with Crippen molar-refractivity contribution >= 4 is 0 Å². The summed E-state index contributed by atoms with van der Waals surface area (Å²) in [4.78, 5) is 0. The summed E-state index contributed by atoms with van der Waals surface area (Å²) in [6.07, 6.45) is 3.09. The molecule has 0 aromatic heterocycles. The molecule has 106 valence electrons. The number of alkyl halides is 3. The van der Waals surface area contributed by atoms with Gasteiger partial charge in [-0.3, -0.25) is 0 Å². The lowest BCUT2D eigenvalue weighted by Crippen LogP contribution is -2.50. The highest BCUT2D eigenvalue weighted by Gasteiger charge is 2.41. The highest BCUT2D eigenvalue weighted by Crippen LogP contribution is 2.29. The Bertz CT molecular complexity index is 251. The molecule has 3 atom stereocenters. The molecule has 2 aliphatic heterocycles. The van der Waals surface area contributed by atoms with E-state index in [4.69, 9.17) is 4.74 Å². The Morgan fingerprint density at radius 2 is 1.89 bits per heavy atom. The highest BCUT2D eigenvalue weighted by molar-refractivity contribution is 4.85. The van der Waals surface area contributed by atoms with Gasteiger partial charge in [0.15, 0.2) is 0 Å². The number of rotatable bonds is 4. The molecule has 0 aromatic rings. The maximum Gasteiger partial charge on any atom is 0.403 e. The van der Waals surface area contributed by atoms with Gasteiger partial charge in [-0.25, -0.2) is 0 Å². The third-order valence-electron chi connectivity index (χ3n) is 3.98. The molecule has 0 aromatic carbocycles. The third kappa shape index (κ3) is 4.12. The van der Waals surface area contributed by atoms with Crippen LogP contribution < -0.4 is 5.32 Å². The van der Waals surface area contributed by atoms with Gasteiger partial charge in [-0.1, -0.05) is 6.42 Å². The molecule has 0 amide bonds. The Morgan fingerprint density at radius 1 is 1.06 bits per heavy atom. The molecule has 2 rings (SSSR count). The van der Waals surface area contributed by atoms with E-state index in [2.05, 4.69) is 5.32 Å². The van der Waals surface area contributed by atoms with Crippen molar-refractivity contribution < 1.29 is 17.9 Å². The van der Waals surface area contributed by atoms with E-state index in [-0.39, 0.29) is 12.5 Å². The molecule has 2 nitrogen and oxygen atoms in total. The molecule has 1 N–H and O–H groups in total. The molecule has 2 fully saturated rings. The van der Waals surface area contributed by atoms with Crippen LogP contribution in [0.4, 0.5) is 13.2 Å². The maximum atomic E-state index is 12.6. The predicted molar refractivity (Wildman–Crippen MR) is 63.4 cm³/mol. The van der Waals surface area contributed by atoms with Crippen molar-refractivity contribution in [1.29, 1.82) is 0 Å². The molecular formula is C13H22F3NO. The lowest BCUT2D eigenvalue weighted by Gasteiger charge is -2.32. The van der Waals surface area contributed by atoms with Crippen molar-refractivity contribution in [3.63, 3.8) is 0 Å². The van der Waals surface area contributed by atoms with Gasteiger partial charge in [0.05, 0.1) is 6.10 Å². The minimum absolute atomic E-state index is 0.0341. The van der Waals surface area contributed by atoms with E-state index in [9.17, 15) is 13.2 Å². The zero-order valence-electron chi connectivity index (χ0n) is 10.6. The molecule has 0 spiro atoms. The molecule has 0 radical (unpaired) electrons. The lowest BCUT2D eigenvalue weighted by molar-refractivity contribution is -0.163. The lowest BCUT2D eigenvalue weighted by atomic mass is 9.94. The van der Waals surface area contributed by atoms with Crippen LogP contribution in [0.25, 0.3) is 0 Å². The van der Waals surface area contributed by atoms with Crippen LogP contribution >= 0.6 is 0 Å². The fourth-order valence-corrected chi connectivity index (χ4v) is 2.97. The molecule has 2 aliphatic rings. The van der Waals surface area contributed by atoms with E-state index in [0.717, 1.165) is 45.1 Å². The van der Waals surface area contributed by atoms with Gasteiger partial charge in [-0.15, -0.1) is 0 Å². The molecule has 3 unspecified atom stereocenters. The molecular weight excluding hydrogens is 243 g/mol. The Morgan fingerprint density at radius 3 is 2.56 bits per heavy atom. The second-order valence-corrected chi connectivity index (χ2v) is 5.45. The second kappa shape index (κ2) is 6.24. The maximum absolute atomic E-state index is 12.6. The Hall–Kier alpha value is -0.290. The summed E-state index contributed by atoms with van der Waals surface area (Å²) in [5, 5.41) is 2.75. The molecule has 0 aliphatic carbocycles. The number of halogens is 3. The smallest absolute Gasteiger partial charge is 0.378 e. The minimum Gasteiger partial charge on any atom is -0.378 e. The first-order valence-electron chi connectivity index (χ1n) is 7.00. The van der Waals surface area contributed by atoms with Crippen molar-refractivity contribution in [1.82, 2.24) is 5.32 Å². The van der Waals surface area contributed by atoms with Crippen molar-refractivity contribution in [2.45, 2.75) is 75.7 Å². The average Bonchev–Trinajstić information content (AvgIpc) is 2.81. The van der Waals surface area contributed by atoms with Crippen LogP contribution in [-0.4, -0.2) is 31.0 Å². The van der Waals surface area contributed by atoms with Gasteiger partial charge in [-0.2, -0.15) is 13.2 Å². The summed E-state index contributed by atoms with van der Waals surface area (Å²) in [6, 6.07) is -1.26. The van der Waals surface area contributed by atoms with Crippen LogP contribution in [0.3, 0.4) is 0 Å². The van der Waals surface area contributed by atoms with Gasteiger partial charge in [-0.05, 0) is 44.9 Å². The number of nitrogens with one attached hydrogen (secondary N) is 1. The molecule has 18 heavy (non-hydrogen) atoms. The van der Waals surface area contributed by atoms with E-state index in [1.54, 1.807) is 0 Å². The third-order valence-corrected chi connectivity index (χ3v) is 3.98. The molecule has 5 heteroatoms. The van der Waals surface area contributed by atoms with Crippen LogP contribution in [0.5, 0.6) is 0 Å². The van der Waals surface area contributed by atoms with Crippen molar-refractivity contribution in [2.75, 3.05) is 6.61 Å². The number of piperidine rings is 1. The van der Waals surface area contributed by atoms with Crippen LogP contribution in [0.1, 0.15) is 51.4 Å². The van der Waals surface area contributed by atoms with Gasteiger partial charge >= 0.3 is 6.18 Å². The van der Waals surface area contributed by atoms with Crippen molar-refractivity contribution in [3.8, 4) is 0 Å². The van der Waals surface area contributed by atoms with E-state index >= 15 is 0 Å².